The van der Waals surface area contributed by atoms with E-state index in [1.165, 1.54) is 17.2 Å². The van der Waals surface area contributed by atoms with Gasteiger partial charge in [-0.3, -0.25) is 0 Å². The van der Waals surface area contributed by atoms with Crippen LogP contribution in [-0.2, 0) is 4.74 Å². The van der Waals surface area contributed by atoms with Gasteiger partial charge in [-0.2, -0.15) is 0 Å². The van der Waals surface area contributed by atoms with Gasteiger partial charge in [-0.15, -0.1) is 0 Å². The Bertz CT molecular complexity index is 1090. The molecule has 1 aromatic heterocycles. The van der Waals surface area contributed by atoms with Gasteiger partial charge in [0, 0.05) is 5.92 Å². The van der Waals surface area contributed by atoms with E-state index in [4.69, 9.17) is 16.3 Å². The van der Waals surface area contributed by atoms with Crippen molar-refractivity contribution in [2.75, 3.05) is 13.2 Å². The predicted octanol–water partition coefficient (Wildman–Crippen LogP) is 4.33. The molecule has 0 unspecified atom stereocenters. The Hall–Kier alpha value is -3.49. The van der Waals surface area contributed by atoms with Crippen LogP contribution in [0.1, 0.15) is 22.7 Å². The fourth-order valence-electron chi connectivity index (χ4n) is 3.40. The number of fused-ring (bicyclic) bond motifs is 3. The second-order valence-corrected chi connectivity index (χ2v) is 6.85. The van der Waals surface area contributed by atoms with Crippen molar-refractivity contribution >= 4 is 17.7 Å². The molecule has 0 saturated heterocycles. The van der Waals surface area contributed by atoms with Crippen molar-refractivity contribution in [1.29, 1.82) is 0 Å². The van der Waals surface area contributed by atoms with Crippen LogP contribution in [0.5, 0.6) is 5.75 Å². The number of aromatic hydroxyl groups is 1. The van der Waals surface area contributed by atoms with Crippen molar-refractivity contribution in [2.24, 2.45) is 0 Å². The van der Waals surface area contributed by atoms with Crippen molar-refractivity contribution in [3.63, 3.8) is 0 Å². The molecule has 0 radical (unpaired) electrons. The molecule has 6 heteroatoms. The first-order chi connectivity index (χ1) is 14.1. The average molecular weight is 405 g/mol. The van der Waals surface area contributed by atoms with Crippen LogP contribution < -0.4 is 5.32 Å². The second-order valence-electron chi connectivity index (χ2n) is 6.49. The number of hydrogen-bond acceptors (Lipinski definition) is 4. The van der Waals surface area contributed by atoms with Gasteiger partial charge in [-0.05, 0) is 40.3 Å². The summed E-state index contributed by atoms with van der Waals surface area (Å²) in [5.74, 6) is 5.45. The lowest BCUT2D eigenvalue weighted by atomic mass is 9.98. The Balaban J connectivity index is 1.35. The van der Waals surface area contributed by atoms with E-state index >= 15 is 0 Å². The van der Waals surface area contributed by atoms with Gasteiger partial charge in [0.1, 0.15) is 12.3 Å². The average Bonchev–Trinajstić information content (AvgIpc) is 3.06. The lowest BCUT2D eigenvalue weighted by molar-refractivity contribution is 0.144. The van der Waals surface area contributed by atoms with Crippen molar-refractivity contribution in [3.05, 3.63) is 82.6 Å². The topological polar surface area (TPSA) is 71.5 Å². The molecule has 4 rings (SSSR count). The number of rotatable bonds is 3. The molecule has 0 bridgehead atoms. The Morgan fingerprint density at radius 1 is 1.07 bits per heavy atom. The number of carbonyl (C=O) groups excluding carboxylic acids is 1. The van der Waals surface area contributed by atoms with Crippen LogP contribution in [0, 0.1) is 11.8 Å². The third-order valence-corrected chi connectivity index (χ3v) is 4.99. The molecule has 144 valence electrons. The van der Waals surface area contributed by atoms with Gasteiger partial charge in [0.05, 0.1) is 6.54 Å². The van der Waals surface area contributed by atoms with E-state index in [1.807, 2.05) is 24.3 Å². The number of amides is 1. The molecule has 29 heavy (non-hydrogen) atoms. The molecule has 2 N–H and O–H groups in total. The number of halogens is 1. The van der Waals surface area contributed by atoms with E-state index in [2.05, 4.69) is 46.4 Å². The normalized spacial score (nSPS) is 11.8. The lowest BCUT2D eigenvalue weighted by Gasteiger charge is -2.14. The van der Waals surface area contributed by atoms with Gasteiger partial charge < -0.3 is 15.2 Å². The molecule has 3 aromatic rings. The number of carbonyl (C=O) groups is 1. The summed E-state index contributed by atoms with van der Waals surface area (Å²) in [6.07, 6.45) is -0.530. The van der Waals surface area contributed by atoms with Gasteiger partial charge in [-0.25, -0.2) is 9.78 Å². The summed E-state index contributed by atoms with van der Waals surface area (Å²) in [5, 5.41) is 11.9. The van der Waals surface area contributed by atoms with Gasteiger partial charge in [0.15, 0.2) is 10.9 Å². The lowest BCUT2D eigenvalue weighted by Crippen LogP contribution is -2.26. The molecule has 1 heterocycles. The molecule has 1 amide bonds. The summed E-state index contributed by atoms with van der Waals surface area (Å²) in [6, 6.07) is 19.3. The minimum absolute atomic E-state index is 0.0127. The molecule has 1 aliphatic rings. The molecule has 0 spiro atoms. The molecule has 0 atom stereocenters. The number of hydrogen-bond donors (Lipinski definition) is 2. The summed E-state index contributed by atoms with van der Waals surface area (Å²) < 4.78 is 5.44. The van der Waals surface area contributed by atoms with Crippen molar-refractivity contribution in [1.82, 2.24) is 10.3 Å². The molecule has 0 saturated carbocycles. The SMILES string of the molecule is O=C(NCC#Cc1ccc(O)c(Cl)n1)OCC1c2ccccc2-c2ccccc21. The Labute approximate surface area is 173 Å². The summed E-state index contributed by atoms with van der Waals surface area (Å²) in [7, 11) is 0. The Morgan fingerprint density at radius 3 is 2.38 bits per heavy atom. The maximum Gasteiger partial charge on any atom is 0.407 e. The van der Waals surface area contributed by atoms with Crippen LogP contribution in [0.3, 0.4) is 0 Å². The monoisotopic (exact) mass is 404 g/mol. The fourth-order valence-corrected chi connectivity index (χ4v) is 3.55. The van der Waals surface area contributed by atoms with Gasteiger partial charge in [0.2, 0.25) is 0 Å². The summed E-state index contributed by atoms with van der Waals surface area (Å²) in [6.45, 7) is 0.360. The van der Waals surface area contributed by atoms with Crippen LogP contribution in [0.25, 0.3) is 11.1 Å². The number of pyridine rings is 1. The quantitative estimate of drug-likeness (QED) is 0.503. The molecular formula is C23H17ClN2O3. The number of benzene rings is 2. The van der Waals surface area contributed by atoms with Crippen LogP contribution in [0.15, 0.2) is 60.7 Å². The molecular weight excluding hydrogens is 388 g/mol. The number of alkyl carbamates (subject to hydrolysis) is 1. The van der Waals surface area contributed by atoms with Crippen molar-refractivity contribution in [2.45, 2.75) is 5.92 Å². The summed E-state index contributed by atoms with van der Waals surface area (Å²) in [5.41, 5.74) is 5.10. The standard InChI is InChI=1S/C23H17ClN2O3/c24-22-21(27)12-11-15(26-22)6-5-13-25-23(28)29-14-20-18-9-3-1-7-16(18)17-8-2-4-10-19(17)20/h1-4,7-12,20,27H,13-14H2,(H,25,28). The third-order valence-electron chi connectivity index (χ3n) is 4.71. The number of nitrogens with zero attached hydrogens (tertiary/aromatic N) is 1. The van der Waals surface area contributed by atoms with Gasteiger partial charge in [-0.1, -0.05) is 66.1 Å². The first-order valence-electron chi connectivity index (χ1n) is 9.06. The Morgan fingerprint density at radius 2 is 1.72 bits per heavy atom. The minimum Gasteiger partial charge on any atom is -0.505 e. The third kappa shape index (κ3) is 4.03. The first kappa shape index (κ1) is 18.9. The van der Waals surface area contributed by atoms with E-state index in [1.54, 1.807) is 6.07 Å². The molecule has 1 aliphatic carbocycles. The van der Waals surface area contributed by atoms with Crippen LogP contribution >= 0.6 is 11.6 Å². The largest absolute Gasteiger partial charge is 0.505 e. The van der Waals surface area contributed by atoms with Crippen molar-refractivity contribution < 1.29 is 14.6 Å². The second kappa shape index (κ2) is 8.26. The van der Waals surface area contributed by atoms with Crippen molar-refractivity contribution in [3.8, 4) is 28.7 Å². The number of aromatic nitrogens is 1. The number of nitrogens with one attached hydrogen (secondary N) is 1. The van der Waals surface area contributed by atoms with E-state index < -0.39 is 6.09 Å². The van der Waals surface area contributed by atoms with E-state index in [0.29, 0.717) is 5.69 Å². The smallest absolute Gasteiger partial charge is 0.407 e. The molecule has 2 aromatic carbocycles. The Kier molecular flexibility index (Phi) is 5.37. The molecule has 5 nitrogen and oxygen atoms in total. The van der Waals surface area contributed by atoms with E-state index in [0.717, 1.165) is 11.1 Å². The summed E-state index contributed by atoms with van der Waals surface area (Å²) >= 11 is 5.73. The zero-order valence-electron chi connectivity index (χ0n) is 15.4. The zero-order chi connectivity index (χ0) is 20.2. The zero-order valence-corrected chi connectivity index (χ0v) is 16.1. The maximum absolute atomic E-state index is 12.1. The van der Waals surface area contributed by atoms with Crippen LogP contribution in [0.2, 0.25) is 5.15 Å². The predicted molar refractivity (Wildman–Crippen MR) is 111 cm³/mol. The molecule has 0 aliphatic heterocycles. The van der Waals surface area contributed by atoms with Crippen LogP contribution in [-0.4, -0.2) is 29.3 Å². The van der Waals surface area contributed by atoms with Crippen LogP contribution in [0.4, 0.5) is 4.79 Å². The highest BCUT2D eigenvalue weighted by Gasteiger charge is 2.28. The minimum atomic E-state index is -0.530. The highest BCUT2D eigenvalue weighted by molar-refractivity contribution is 6.30. The summed E-state index contributed by atoms with van der Waals surface area (Å²) in [4.78, 5) is 16.0. The van der Waals surface area contributed by atoms with E-state index in [9.17, 15) is 9.90 Å². The number of ether oxygens (including phenoxy) is 1. The van der Waals surface area contributed by atoms with Gasteiger partial charge >= 0.3 is 6.09 Å². The first-order valence-corrected chi connectivity index (χ1v) is 9.44. The fraction of sp³-hybridized carbons (Fsp3) is 0.130. The highest BCUT2D eigenvalue weighted by Crippen LogP contribution is 2.44. The molecule has 0 fully saturated rings. The maximum atomic E-state index is 12.1. The highest BCUT2D eigenvalue weighted by atomic mass is 35.5. The van der Waals surface area contributed by atoms with E-state index in [-0.39, 0.29) is 30.0 Å². The van der Waals surface area contributed by atoms with Gasteiger partial charge in [0.25, 0.3) is 0 Å².